The molecule has 118 valence electrons. The van der Waals surface area contributed by atoms with Crippen LogP contribution in [0.15, 0.2) is 61.2 Å². The Morgan fingerprint density at radius 3 is 2.57 bits per heavy atom. The molecule has 0 radical (unpaired) electrons. The van der Waals surface area contributed by atoms with Crippen LogP contribution in [0.25, 0.3) is 11.0 Å². The lowest BCUT2D eigenvalue weighted by molar-refractivity contribution is 0.291. The molecule has 3 nitrogen and oxygen atoms in total. The first-order valence-corrected chi connectivity index (χ1v) is 7.97. The van der Waals surface area contributed by atoms with E-state index in [1.54, 1.807) is 0 Å². The van der Waals surface area contributed by atoms with Gasteiger partial charge in [-0.15, -0.1) is 6.58 Å². The van der Waals surface area contributed by atoms with Crippen LogP contribution in [0.4, 0.5) is 0 Å². The maximum atomic E-state index is 5.93. The molecule has 0 N–H and O–H groups in total. The fourth-order valence-electron chi connectivity index (χ4n) is 2.67. The smallest absolute Gasteiger partial charge is 0.148 e. The van der Waals surface area contributed by atoms with E-state index in [4.69, 9.17) is 4.74 Å². The Balaban J connectivity index is 1.81. The quantitative estimate of drug-likeness (QED) is 0.604. The van der Waals surface area contributed by atoms with E-state index in [2.05, 4.69) is 48.2 Å². The summed E-state index contributed by atoms with van der Waals surface area (Å²) < 4.78 is 8.07. The first kappa shape index (κ1) is 15.3. The molecule has 0 amide bonds. The molecule has 0 unspecified atom stereocenters. The monoisotopic (exact) mass is 306 g/mol. The lowest BCUT2D eigenvalue weighted by Gasteiger charge is -2.10. The molecule has 1 aromatic heterocycles. The average Bonchev–Trinajstić information content (AvgIpc) is 2.92. The van der Waals surface area contributed by atoms with Gasteiger partial charge in [-0.25, -0.2) is 4.98 Å². The second kappa shape index (κ2) is 6.69. The Hall–Kier alpha value is -2.55. The minimum atomic E-state index is 0.448. The van der Waals surface area contributed by atoms with Crippen molar-refractivity contribution in [2.24, 2.45) is 0 Å². The highest BCUT2D eigenvalue weighted by molar-refractivity contribution is 5.75. The third-order valence-electron chi connectivity index (χ3n) is 3.96. The largest absolute Gasteiger partial charge is 0.486 e. The number of nitrogens with zero attached hydrogens (tertiary/aromatic N) is 2. The Bertz CT molecular complexity index is 800. The molecule has 2 aromatic carbocycles. The van der Waals surface area contributed by atoms with Gasteiger partial charge in [0.25, 0.3) is 0 Å². The van der Waals surface area contributed by atoms with Gasteiger partial charge in [0.2, 0.25) is 0 Å². The molecule has 0 atom stereocenters. The van der Waals surface area contributed by atoms with Crippen LogP contribution in [0.1, 0.15) is 31.2 Å². The molecular weight excluding hydrogens is 284 g/mol. The highest BCUT2D eigenvalue weighted by Crippen LogP contribution is 2.21. The number of allylic oxidation sites excluding steroid dienone is 1. The zero-order valence-corrected chi connectivity index (χ0v) is 13.7. The van der Waals surface area contributed by atoms with Crippen LogP contribution in [0.5, 0.6) is 5.75 Å². The average molecular weight is 306 g/mol. The predicted molar refractivity (Wildman–Crippen MR) is 94.8 cm³/mol. The van der Waals surface area contributed by atoms with Crippen LogP contribution in [0.3, 0.4) is 0 Å². The number of hydrogen-bond donors (Lipinski definition) is 0. The van der Waals surface area contributed by atoms with Crippen molar-refractivity contribution in [1.82, 2.24) is 9.55 Å². The van der Waals surface area contributed by atoms with Gasteiger partial charge in [0.1, 0.15) is 18.2 Å². The van der Waals surface area contributed by atoms with E-state index in [1.165, 1.54) is 5.56 Å². The lowest BCUT2D eigenvalue weighted by atomic mass is 10.0. The van der Waals surface area contributed by atoms with Gasteiger partial charge in [-0.1, -0.05) is 44.2 Å². The predicted octanol–water partition coefficient (Wildman–Crippen LogP) is 4.92. The number of para-hydroxylation sites is 2. The van der Waals surface area contributed by atoms with Crippen molar-refractivity contribution in [3.63, 3.8) is 0 Å². The van der Waals surface area contributed by atoms with Crippen LogP contribution in [-0.4, -0.2) is 9.55 Å². The van der Waals surface area contributed by atoms with E-state index < -0.39 is 0 Å². The van der Waals surface area contributed by atoms with Crippen molar-refractivity contribution < 1.29 is 4.74 Å². The molecule has 0 aliphatic carbocycles. The van der Waals surface area contributed by atoms with Gasteiger partial charge in [0, 0.05) is 6.54 Å². The summed E-state index contributed by atoms with van der Waals surface area (Å²) >= 11 is 0. The number of fused-ring (bicyclic) bond motifs is 1. The number of aromatic nitrogens is 2. The molecule has 23 heavy (non-hydrogen) atoms. The third-order valence-corrected chi connectivity index (χ3v) is 3.96. The minimum Gasteiger partial charge on any atom is -0.486 e. The van der Waals surface area contributed by atoms with Crippen molar-refractivity contribution in [3.8, 4) is 5.75 Å². The van der Waals surface area contributed by atoms with E-state index in [0.717, 1.165) is 29.2 Å². The zero-order chi connectivity index (χ0) is 16.2. The summed E-state index contributed by atoms with van der Waals surface area (Å²) in [5, 5.41) is 0. The summed E-state index contributed by atoms with van der Waals surface area (Å²) in [5.74, 6) is 2.31. The maximum absolute atomic E-state index is 5.93. The SMILES string of the molecule is C=CCn1c(COc2ccc(C(C)C)cc2)nc2ccccc21. The number of ether oxygens (including phenoxy) is 1. The highest BCUT2D eigenvalue weighted by atomic mass is 16.5. The fourth-order valence-corrected chi connectivity index (χ4v) is 2.67. The lowest BCUT2D eigenvalue weighted by Crippen LogP contribution is -2.06. The first-order chi connectivity index (χ1) is 11.2. The number of benzene rings is 2. The second-order valence-electron chi connectivity index (χ2n) is 5.93. The first-order valence-electron chi connectivity index (χ1n) is 7.97. The van der Waals surface area contributed by atoms with Crippen molar-refractivity contribution in [2.75, 3.05) is 0 Å². The molecule has 3 aromatic rings. The molecule has 0 bridgehead atoms. The van der Waals surface area contributed by atoms with Gasteiger partial charge >= 0.3 is 0 Å². The molecule has 3 heteroatoms. The van der Waals surface area contributed by atoms with Crippen molar-refractivity contribution in [2.45, 2.75) is 32.9 Å². The van der Waals surface area contributed by atoms with Gasteiger partial charge in [-0.3, -0.25) is 0 Å². The molecule has 3 rings (SSSR count). The number of imidazole rings is 1. The molecule has 0 aliphatic rings. The maximum Gasteiger partial charge on any atom is 0.148 e. The Morgan fingerprint density at radius 1 is 1.13 bits per heavy atom. The van der Waals surface area contributed by atoms with E-state index >= 15 is 0 Å². The van der Waals surface area contributed by atoms with Gasteiger partial charge in [0.05, 0.1) is 11.0 Å². The molecule has 0 saturated carbocycles. The van der Waals surface area contributed by atoms with Gasteiger partial charge in [-0.05, 0) is 35.7 Å². The Kier molecular flexibility index (Phi) is 4.47. The van der Waals surface area contributed by atoms with Crippen LogP contribution < -0.4 is 4.74 Å². The molecular formula is C20H22N2O. The van der Waals surface area contributed by atoms with E-state index in [1.807, 2.05) is 36.4 Å². The van der Waals surface area contributed by atoms with Crippen LogP contribution in [0, 0.1) is 0 Å². The van der Waals surface area contributed by atoms with Crippen LogP contribution in [-0.2, 0) is 13.2 Å². The normalized spacial score (nSPS) is 11.1. The summed E-state index contributed by atoms with van der Waals surface area (Å²) in [6, 6.07) is 16.4. The van der Waals surface area contributed by atoms with Gasteiger partial charge in [-0.2, -0.15) is 0 Å². The number of rotatable bonds is 6. The van der Waals surface area contributed by atoms with Crippen LogP contribution in [0.2, 0.25) is 0 Å². The highest BCUT2D eigenvalue weighted by Gasteiger charge is 2.10. The molecule has 1 heterocycles. The summed E-state index contributed by atoms with van der Waals surface area (Å²) in [5.41, 5.74) is 3.42. The van der Waals surface area contributed by atoms with Crippen LogP contribution >= 0.6 is 0 Å². The fraction of sp³-hybridized carbons (Fsp3) is 0.250. The molecule has 0 saturated heterocycles. The topological polar surface area (TPSA) is 27.1 Å². The summed E-state index contributed by atoms with van der Waals surface area (Å²) in [4.78, 5) is 4.68. The van der Waals surface area contributed by atoms with Gasteiger partial charge in [0.15, 0.2) is 0 Å². The Morgan fingerprint density at radius 2 is 1.87 bits per heavy atom. The zero-order valence-electron chi connectivity index (χ0n) is 13.7. The molecule has 0 spiro atoms. The standard InChI is InChI=1S/C20H22N2O/c1-4-13-22-19-8-6-5-7-18(19)21-20(22)14-23-17-11-9-16(10-12-17)15(2)3/h4-12,15H,1,13-14H2,2-3H3. The summed E-state index contributed by atoms with van der Waals surface area (Å²) in [6.45, 7) is 9.39. The van der Waals surface area contributed by atoms with Crippen molar-refractivity contribution in [1.29, 1.82) is 0 Å². The van der Waals surface area contributed by atoms with E-state index in [9.17, 15) is 0 Å². The molecule has 0 fully saturated rings. The van der Waals surface area contributed by atoms with Crippen molar-refractivity contribution >= 4 is 11.0 Å². The number of hydrogen-bond acceptors (Lipinski definition) is 2. The summed E-state index contributed by atoms with van der Waals surface area (Å²) in [7, 11) is 0. The van der Waals surface area contributed by atoms with Gasteiger partial charge < -0.3 is 9.30 Å². The van der Waals surface area contributed by atoms with E-state index in [-0.39, 0.29) is 0 Å². The summed E-state index contributed by atoms with van der Waals surface area (Å²) in [6.07, 6.45) is 1.88. The second-order valence-corrected chi connectivity index (χ2v) is 5.93. The Labute approximate surface area is 137 Å². The van der Waals surface area contributed by atoms with Crippen molar-refractivity contribution in [3.05, 3.63) is 72.6 Å². The minimum absolute atomic E-state index is 0.448. The van der Waals surface area contributed by atoms with E-state index in [0.29, 0.717) is 12.5 Å². The third kappa shape index (κ3) is 3.29. The molecule has 0 aliphatic heterocycles.